The number of amides is 1. The van der Waals surface area contributed by atoms with Crippen LogP contribution in [0.4, 0.5) is 4.39 Å². The Morgan fingerprint density at radius 1 is 1.18 bits per heavy atom. The van der Waals surface area contributed by atoms with Crippen molar-refractivity contribution in [2.24, 2.45) is 0 Å². The minimum absolute atomic E-state index is 0.0311. The van der Waals surface area contributed by atoms with E-state index in [9.17, 15) is 9.18 Å². The fourth-order valence-corrected chi connectivity index (χ4v) is 5.43. The summed E-state index contributed by atoms with van der Waals surface area (Å²) in [6.45, 7) is 4.53. The summed E-state index contributed by atoms with van der Waals surface area (Å²) >= 11 is 1.63. The Bertz CT molecular complexity index is 1100. The molecule has 1 aliphatic heterocycles. The molecule has 2 unspecified atom stereocenters. The Kier molecular flexibility index (Phi) is 8.03. The van der Waals surface area contributed by atoms with Crippen LogP contribution >= 0.6 is 11.8 Å². The highest BCUT2D eigenvalue weighted by Gasteiger charge is 2.25. The number of aromatic nitrogens is 1. The number of halogens is 1. The molecule has 1 aromatic heterocycles. The summed E-state index contributed by atoms with van der Waals surface area (Å²) in [5.74, 6) is 1.35. The molecule has 6 nitrogen and oxygen atoms in total. The van der Waals surface area contributed by atoms with E-state index >= 15 is 0 Å². The molecule has 1 fully saturated rings. The normalized spacial score (nSPS) is 17.8. The lowest BCUT2D eigenvalue weighted by Crippen LogP contribution is -2.32. The summed E-state index contributed by atoms with van der Waals surface area (Å²) in [5, 5.41) is 4.02. The molecule has 0 radical (unpaired) electrons. The number of benzene rings is 2. The second-order valence-corrected chi connectivity index (χ2v) is 9.80. The van der Waals surface area contributed by atoms with Gasteiger partial charge in [-0.2, -0.15) is 0 Å². The van der Waals surface area contributed by atoms with E-state index in [0.29, 0.717) is 18.3 Å². The third kappa shape index (κ3) is 5.87. The molecule has 1 aliphatic rings. The van der Waals surface area contributed by atoms with Gasteiger partial charge in [0.2, 0.25) is 0 Å². The molecule has 2 heterocycles. The van der Waals surface area contributed by atoms with Gasteiger partial charge in [-0.3, -0.25) is 15.6 Å². The Balaban J connectivity index is 1.27. The third-order valence-electron chi connectivity index (χ3n) is 6.32. The smallest absolute Gasteiger partial charge is 0.254 e. The number of aryl methyl sites for hydroxylation is 2. The maximum absolute atomic E-state index is 13.2. The zero-order valence-corrected chi connectivity index (χ0v) is 20.6. The first-order chi connectivity index (χ1) is 16.4. The minimum Gasteiger partial charge on any atom is -0.361 e. The lowest BCUT2D eigenvalue weighted by Gasteiger charge is -2.20. The zero-order valence-electron chi connectivity index (χ0n) is 19.8. The van der Waals surface area contributed by atoms with Gasteiger partial charge in [0, 0.05) is 41.9 Å². The van der Waals surface area contributed by atoms with Crippen LogP contribution in [0.25, 0.3) is 0 Å². The van der Waals surface area contributed by atoms with E-state index in [4.69, 9.17) is 4.52 Å². The van der Waals surface area contributed by atoms with Crippen molar-refractivity contribution in [1.82, 2.24) is 20.9 Å². The first-order valence-corrected chi connectivity index (χ1v) is 12.6. The van der Waals surface area contributed by atoms with Crippen LogP contribution in [0.2, 0.25) is 0 Å². The number of nitrogens with zero attached hydrogens (tertiary/aromatic N) is 2. The van der Waals surface area contributed by atoms with Gasteiger partial charge >= 0.3 is 0 Å². The molecule has 180 valence electrons. The van der Waals surface area contributed by atoms with Crippen LogP contribution in [0.5, 0.6) is 0 Å². The van der Waals surface area contributed by atoms with Crippen LogP contribution < -0.4 is 10.9 Å². The van der Waals surface area contributed by atoms with E-state index in [1.165, 1.54) is 12.1 Å². The van der Waals surface area contributed by atoms with Crippen molar-refractivity contribution >= 4 is 17.7 Å². The monoisotopic (exact) mass is 482 g/mol. The van der Waals surface area contributed by atoms with E-state index in [-0.39, 0.29) is 17.8 Å². The van der Waals surface area contributed by atoms with Gasteiger partial charge in [-0.15, -0.1) is 11.8 Å². The second-order valence-electron chi connectivity index (χ2n) is 8.78. The summed E-state index contributed by atoms with van der Waals surface area (Å²) in [7, 11) is 1.86. The highest BCUT2D eigenvalue weighted by atomic mass is 32.2. The van der Waals surface area contributed by atoms with Gasteiger partial charge in [0.1, 0.15) is 11.6 Å². The molecular formula is C26H31FN4O2S. The fraction of sp³-hybridized carbons (Fsp3) is 0.385. The molecule has 1 amide bonds. The Labute approximate surface area is 204 Å². The highest BCUT2D eigenvalue weighted by molar-refractivity contribution is 7.98. The molecule has 0 aliphatic carbocycles. The average Bonchev–Trinajstić information content (AvgIpc) is 3.44. The number of rotatable bonds is 9. The van der Waals surface area contributed by atoms with Gasteiger partial charge in [0.15, 0.2) is 0 Å². The summed E-state index contributed by atoms with van der Waals surface area (Å²) in [6.07, 6.45) is 2.78. The number of carbonyl (C=O) groups is 1. The van der Waals surface area contributed by atoms with E-state index < -0.39 is 0 Å². The molecule has 0 spiro atoms. The van der Waals surface area contributed by atoms with Crippen molar-refractivity contribution in [1.29, 1.82) is 0 Å². The van der Waals surface area contributed by atoms with Crippen molar-refractivity contribution < 1.29 is 13.7 Å². The van der Waals surface area contributed by atoms with Gasteiger partial charge in [0.05, 0.1) is 11.3 Å². The fourth-order valence-electron chi connectivity index (χ4n) is 4.23. The molecule has 2 N–H and O–H groups in total. The van der Waals surface area contributed by atoms with E-state index in [2.05, 4.69) is 16.0 Å². The second kappa shape index (κ2) is 11.2. The molecule has 0 saturated carbocycles. The lowest BCUT2D eigenvalue weighted by molar-refractivity contribution is 0.0788. The summed E-state index contributed by atoms with van der Waals surface area (Å²) in [4.78, 5) is 15.9. The SMILES string of the molecule is Cc1noc(C)c1CSc1ccccc1C(=O)N(C)CCCC1CC(c2ccc(F)cc2)NN1. The third-order valence-corrected chi connectivity index (χ3v) is 7.42. The van der Waals surface area contributed by atoms with E-state index in [1.54, 1.807) is 16.7 Å². The Morgan fingerprint density at radius 2 is 1.94 bits per heavy atom. The Morgan fingerprint density at radius 3 is 2.68 bits per heavy atom. The van der Waals surface area contributed by atoms with Crippen molar-refractivity contribution in [3.05, 3.63) is 82.5 Å². The predicted molar refractivity (Wildman–Crippen MR) is 132 cm³/mol. The van der Waals surface area contributed by atoms with Gasteiger partial charge in [-0.25, -0.2) is 4.39 Å². The van der Waals surface area contributed by atoms with Gasteiger partial charge in [-0.05, 0) is 62.9 Å². The maximum Gasteiger partial charge on any atom is 0.254 e. The van der Waals surface area contributed by atoms with Crippen molar-refractivity contribution in [3.8, 4) is 0 Å². The van der Waals surface area contributed by atoms with Gasteiger partial charge < -0.3 is 9.42 Å². The number of nitrogens with one attached hydrogen (secondary N) is 2. The number of thioether (sulfide) groups is 1. The topological polar surface area (TPSA) is 70.4 Å². The Hall–Kier alpha value is -2.68. The zero-order chi connectivity index (χ0) is 24.1. The standard InChI is InChI=1S/C26H31FN4O2S/c1-17-23(18(2)33-30-17)16-34-25-9-5-4-8-22(25)26(32)31(3)14-6-7-21-15-24(29-28-21)19-10-12-20(27)13-11-19/h4-5,8-13,21,24,28-29H,6-7,14-16H2,1-3H3. The molecule has 2 aromatic carbocycles. The summed E-state index contributed by atoms with van der Waals surface area (Å²) in [5.41, 5.74) is 10.4. The molecule has 4 rings (SSSR count). The van der Waals surface area contributed by atoms with E-state index in [0.717, 1.165) is 52.3 Å². The molecular weight excluding hydrogens is 451 g/mol. The number of hydrogen-bond donors (Lipinski definition) is 2. The van der Waals surface area contributed by atoms with Crippen LogP contribution in [0.1, 0.15) is 58.2 Å². The van der Waals surface area contributed by atoms with Crippen molar-refractivity contribution in [2.75, 3.05) is 13.6 Å². The maximum atomic E-state index is 13.2. The molecule has 8 heteroatoms. The molecule has 0 bridgehead atoms. The quantitative estimate of drug-likeness (QED) is 0.410. The first-order valence-electron chi connectivity index (χ1n) is 11.6. The minimum atomic E-state index is -0.220. The molecule has 2 atom stereocenters. The van der Waals surface area contributed by atoms with Crippen molar-refractivity contribution in [3.63, 3.8) is 0 Å². The van der Waals surface area contributed by atoms with Crippen LogP contribution in [0, 0.1) is 19.7 Å². The van der Waals surface area contributed by atoms with Crippen molar-refractivity contribution in [2.45, 2.75) is 55.8 Å². The van der Waals surface area contributed by atoms with Gasteiger partial charge in [-0.1, -0.05) is 29.4 Å². The van der Waals surface area contributed by atoms with E-state index in [1.807, 2.05) is 57.3 Å². The predicted octanol–water partition coefficient (Wildman–Crippen LogP) is 5.18. The summed E-state index contributed by atoms with van der Waals surface area (Å²) in [6, 6.07) is 14.9. The summed E-state index contributed by atoms with van der Waals surface area (Å²) < 4.78 is 18.4. The first kappa shape index (κ1) is 24.4. The largest absolute Gasteiger partial charge is 0.361 e. The highest BCUT2D eigenvalue weighted by Crippen LogP contribution is 2.29. The lowest BCUT2D eigenvalue weighted by atomic mass is 9.99. The van der Waals surface area contributed by atoms with Crippen LogP contribution in [-0.2, 0) is 5.75 Å². The van der Waals surface area contributed by atoms with Crippen LogP contribution in [0.3, 0.4) is 0 Å². The van der Waals surface area contributed by atoms with Gasteiger partial charge in [0.25, 0.3) is 5.91 Å². The van der Waals surface area contributed by atoms with Crippen LogP contribution in [0.15, 0.2) is 57.9 Å². The number of hydrogen-bond acceptors (Lipinski definition) is 6. The average molecular weight is 483 g/mol. The van der Waals surface area contributed by atoms with Crippen LogP contribution in [-0.4, -0.2) is 35.6 Å². The molecule has 3 aromatic rings. The molecule has 34 heavy (non-hydrogen) atoms. The number of hydrazine groups is 1. The number of carbonyl (C=O) groups excluding carboxylic acids is 1. The molecule has 1 saturated heterocycles.